The molecule has 0 saturated carbocycles. The molecule has 1 N–H and O–H groups in total. The van der Waals surface area contributed by atoms with E-state index in [9.17, 15) is 31.2 Å². The second-order valence-corrected chi connectivity index (χ2v) is 12.0. The van der Waals surface area contributed by atoms with E-state index < -0.39 is 45.6 Å². The average Bonchev–Trinajstić information content (AvgIpc) is 3.10. The summed E-state index contributed by atoms with van der Waals surface area (Å²) in [6, 6.07) is 4.39. The smallest absolute Gasteiger partial charge is 0.444 e. The Morgan fingerprint density at radius 1 is 1.18 bits per heavy atom. The zero-order valence-corrected chi connectivity index (χ0v) is 20.2. The van der Waals surface area contributed by atoms with Crippen LogP contribution in [0.1, 0.15) is 27.2 Å². The normalized spacial score (nSPS) is 23.0. The van der Waals surface area contributed by atoms with Crippen LogP contribution < -0.4 is 15.0 Å². The standard InChI is InChI=1S/C20H24F3N3O6S2/c1-19(2,3)32-18(28)24-9-8-16(27)25-17-26(14-10-34(29,30)11-15(14)33-17)12-4-6-13(7-5-12)31-20(21,22)23/h4-7,14-15H,8-11H2,1-3H3,(H,24,28)/t14-,15-/m1/s1. The number of sulfone groups is 1. The molecule has 2 amide bonds. The molecular formula is C20H24F3N3O6S2. The third-order valence-corrected chi connectivity index (χ3v) is 7.85. The predicted octanol–water partition coefficient (Wildman–Crippen LogP) is 3.10. The summed E-state index contributed by atoms with van der Waals surface area (Å²) in [6.45, 7) is 5.09. The molecule has 34 heavy (non-hydrogen) atoms. The van der Waals surface area contributed by atoms with Crippen LogP contribution in [0.3, 0.4) is 0 Å². The highest BCUT2D eigenvalue weighted by molar-refractivity contribution is 8.16. The molecule has 2 atom stereocenters. The number of anilines is 1. The number of thioether (sulfide) groups is 1. The number of carbonyl (C=O) groups excluding carboxylic acids is 2. The molecule has 1 aromatic carbocycles. The van der Waals surface area contributed by atoms with Gasteiger partial charge >= 0.3 is 12.5 Å². The lowest BCUT2D eigenvalue weighted by molar-refractivity contribution is -0.274. The Balaban J connectivity index is 1.73. The van der Waals surface area contributed by atoms with Crippen molar-refractivity contribution in [2.45, 2.75) is 50.4 Å². The number of hydrogen-bond donors (Lipinski definition) is 1. The third-order valence-electron chi connectivity index (χ3n) is 4.64. The fourth-order valence-electron chi connectivity index (χ4n) is 3.42. The summed E-state index contributed by atoms with van der Waals surface area (Å²) >= 11 is 1.13. The van der Waals surface area contributed by atoms with E-state index in [1.165, 1.54) is 12.1 Å². The number of aliphatic imine (C=N–C) groups is 1. The quantitative estimate of drug-likeness (QED) is 0.626. The Labute approximate surface area is 199 Å². The number of amidine groups is 1. The van der Waals surface area contributed by atoms with Gasteiger partial charge in [0.05, 0.1) is 17.5 Å². The fraction of sp³-hybridized carbons (Fsp3) is 0.550. The lowest BCUT2D eigenvalue weighted by Crippen LogP contribution is -2.37. The number of amides is 2. The van der Waals surface area contributed by atoms with E-state index in [1.54, 1.807) is 25.7 Å². The summed E-state index contributed by atoms with van der Waals surface area (Å²) < 4.78 is 70.6. The van der Waals surface area contributed by atoms with Crippen molar-refractivity contribution >= 4 is 44.5 Å². The first-order valence-corrected chi connectivity index (χ1v) is 12.9. The van der Waals surface area contributed by atoms with Crippen molar-refractivity contribution < 1.29 is 40.7 Å². The van der Waals surface area contributed by atoms with Crippen LogP contribution in [0, 0.1) is 0 Å². The van der Waals surface area contributed by atoms with E-state index in [0.717, 1.165) is 23.9 Å². The zero-order chi connectivity index (χ0) is 25.3. The first kappa shape index (κ1) is 26.1. The molecule has 0 radical (unpaired) electrons. The minimum Gasteiger partial charge on any atom is -0.444 e. The van der Waals surface area contributed by atoms with Crippen molar-refractivity contribution in [3.63, 3.8) is 0 Å². The molecule has 0 bridgehead atoms. The van der Waals surface area contributed by atoms with Crippen molar-refractivity contribution in [2.75, 3.05) is 23.0 Å². The van der Waals surface area contributed by atoms with Crippen molar-refractivity contribution in [2.24, 2.45) is 4.99 Å². The number of alkyl carbamates (subject to hydrolysis) is 1. The Morgan fingerprint density at radius 2 is 1.82 bits per heavy atom. The van der Waals surface area contributed by atoms with E-state index in [-0.39, 0.29) is 34.9 Å². The van der Waals surface area contributed by atoms with Crippen LogP contribution in [0.15, 0.2) is 29.3 Å². The van der Waals surface area contributed by atoms with Gasteiger partial charge in [-0.15, -0.1) is 13.2 Å². The van der Waals surface area contributed by atoms with Gasteiger partial charge in [0.2, 0.25) is 5.91 Å². The highest BCUT2D eigenvalue weighted by Crippen LogP contribution is 2.41. The predicted molar refractivity (Wildman–Crippen MR) is 121 cm³/mol. The molecule has 0 unspecified atom stereocenters. The number of carbonyl (C=O) groups is 2. The van der Waals surface area contributed by atoms with Crippen molar-refractivity contribution in [3.05, 3.63) is 24.3 Å². The van der Waals surface area contributed by atoms with Crippen LogP contribution in [0.25, 0.3) is 0 Å². The molecule has 1 aromatic rings. The van der Waals surface area contributed by atoms with Crippen LogP contribution in [-0.4, -0.2) is 66.9 Å². The average molecular weight is 524 g/mol. The lowest BCUT2D eigenvalue weighted by Gasteiger charge is -2.24. The third kappa shape index (κ3) is 7.26. The number of alkyl halides is 3. The van der Waals surface area contributed by atoms with Gasteiger partial charge in [-0.3, -0.25) is 4.79 Å². The molecule has 2 heterocycles. The number of nitrogens with one attached hydrogen (secondary N) is 1. The van der Waals surface area contributed by atoms with Crippen LogP contribution >= 0.6 is 11.8 Å². The summed E-state index contributed by atoms with van der Waals surface area (Å²) in [5.74, 6) is -1.25. The SMILES string of the molecule is CC(C)(C)OC(=O)NCCC(=O)N=C1S[C@@H]2CS(=O)(=O)C[C@H]2N1c1ccc(OC(F)(F)F)cc1. The van der Waals surface area contributed by atoms with Crippen LogP contribution in [0.4, 0.5) is 23.7 Å². The Hall–Kier alpha value is -2.48. The first-order chi connectivity index (χ1) is 15.6. The van der Waals surface area contributed by atoms with Gasteiger partial charge < -0.3 is 19.7 Å². The minimum atomic E-state index is -4.85. The van der Waals surface area contributed by atoms with E-state index in [0.29, 0.717) is 5.69 Å². The van der Waals surface area contributed by atoms with Crippen LogP contribution in [0.5, 0.6) is 5.75 Å². The summed E-state index contributed by atoms with van der Waals surface area (Å²) in [4.78, 5) is 29.8. The second-order valence-electron chi connectivity index (χ2n) is 8.68. The van der Waals surface area contributed by atoms with E-state index >= 15 is 0 Å². The molecule has 14 heteroatoms. The topological polar surface area (TPSA) is 114 Å². The summed E-state index contributed by atoms with van der Waals surface area (Å²) in [5.41, 5.74) is -0.307. The van der Waals surface area contributed by atoms with Gasteiger partial charge in [0.1, 0.15) is 11.4 Å². The summed E-state index contributed by atoms with van der Waals surface area (Å²) in [6.07, 6.45) is -5.64. The molecule has 2 fully saturated rings. The van der Waals surface area contributed by atoms with Gasteiger partial charge in [0, 0.05) is 23.9 Å². The van der Waals surface area contributed by atoms with Crippen LogP contribution in [-0.2, 0) is 19.4 Å². The van der Waals surface area contributed by atoms with Gasteiger partial charge in [-0.25, -0.2) is 13.2 Å². The second kappa shape index (κ2) is 9.64. The lowest BCUT2D eigenvalue weighted by atomic mass is 10.2. The Bertz CT molecular complexity index is 1070. The number of benzene rings is 1. The number of fused-ring (bicyclic) bond motifs is 1. The Morgan fingerprint density at radius 3 is 2.41 bits per heavy atom. The molecule has 9 nitrogen and oxygen atoms in total. The zero-order valence-electron chi connectivity index (χ0n) is 18.6. The maximum atomic E-state index is 12.4. The van der Waals surface area contributed by atoms with Crippen molar-refractivity contribution in [1.82, 2.24) is 5.32 Å². The maximum Gasteiger partial charge on any atom is 0.573 e. The highest BCUT2D eigenvalue weighted by Gasteiger charge is 2.49. The molecule has 2 aliphatic rings. The highest BCUT2D eigenvalue weighted by atomic mass is 32.2. The maximum absolute atomic E-state index is 12.4. The molecular weight excluding hydrogens is 499 g/mol. The Kier molecular flexibility index (Phi) is 7.41. The number of nitrogens with zero attached hydrogens (tertiary/aromatic N) is 2. The summed E-state index contributed by atoms with van der Waals surface area (Å²) in [7, 11) is -3.31. The number of hydrogen-bond acceptors (Lipinski definition) is 7. The van der Waals surface area contributed by atoms with Crippen molar-refractivity contribution in [1.29, 1.82) is 0 Å². The molecule has 2 aliphatic heterocycles. The molecule has 2 saturated heterocycles. The van der Waals surface area contributed by atoms with E-state index in [2.05, 4.69) is 15.0 Å². The van der Waals surface area contributed by atoms with Gasteiger partial charge in [-0.1, -0.05) is 11.8 Å². The van der Waals surface area contributed by atoms with Gasteiger partial charge in [-0.05, 0) is 45.0 Å². The molecule has 0 aromatic heterocycles. The summed E-state index contributed by atoms with van der Waals surface area (Å²) in [5, 5.41) is 2.33. The monoisotopic (exact) mass is 523 g/mol. The van der Waals surface area contributed by atoms with E-state index in [4.69, 9.17) is 4.74 Å². The molecule has 188 valence electrons. The minimum absolute atomic E-state index is 0.0140. The van der Waals surface area contributed by atoms with Crippen molar-refractivity contribution in [3.8, 4) is 5.75 Å². The van der Waals surface area contributed by atoms with Gasteiger partial charge in [0.15, 0.2) is 15.0 Å². The van der Waals surface area contributed by atoms with Crippen LogP contribution in [0.2, 0.25) is 0 Å². The number of ether oxygens (including phenoxy) is 2. The molecule has 0 aliphatic carbocycles. The largest absolute Gasteiger partial charge is 0.573 e. The first-order valence-electron chi connectivity index (χ1n) is 10.2. The van der Waals surface area contributed by atoms with Gasteiger partial charge in [-0.2, -0.15) is 4.99 Å². The number of halogens is 3. The number of rotatable bonds is 5. The molecule has 0 spiro atoms. The molecule has 3 rings (SSSR count). The van der Waals surface area contributed by atoms with E-state index in [1.807, 2.05) is 0 Å². The fourth-order valence-corrected chi connectivity index (χ4v) is 7.35. The van der Waals surface area contributed by atoms with Gasteiger partial charge in [0.25, 0.3) is 0 Å².